The van der Waals surface area contributed by atoms with Crippen molar-refractivity contribution >= 4 is 22.6 Å². The third-order valence-corrected chi connectivity index (χ3v) is 5.16. The van der Waals surface area contributed by atoms with Gasteiger partial charge in [0.05, 0.1) is 5.69 Å². The minimum absolute atomic E-state index is 0.218. The molecule has 3 aromatic heterocycles. The molecule has 0 spiro atoms. The van der Waals surface area contributed by atoms with E-state index in [1.165, 1.54) is 0 Å². The standard InChI is InChI=1S/C18H19ClN4O/c1-3-13-9-12-10-20-17(19)22-16(12)23(13)14-6-5-11-7-8-18(24,4-2)15(11)21-14/h5-6,9-10,24H,3-4,7-8H2,1-2H3/t18-/m1/s1. The zero-order valence-electron chi connectivity index (χ0n) is 13.8. The molecule has 1 atom stereocenters. The highest BCUT2D eigenvalue weighted by Gasteiger charge is 2.37. The van der Waals surface area contributed by atoms with Crippen LogP contribution in [0.4, 0.5) is 0 Å². The van der Waals surface area contributed by atoms with Crippen LogP contribution in [0.25, 0.3) is 16.9 Å². The first-order valence-electron chi connectivity index (χ1n) is 8.31. The summed E-state index contributed by atoms with van der Waals surface area (Å²) in [7, 11) is 0. The summed E-state index contributed by atoms with van der Waals surface area (Å²) in [5, 5.41) is 12.0. The van der Waals surface area contributed by atoms with E-state index in [2.05, 4.69) is 29.0 Å². The van der Waals surface area contributed by atoms with Gasteiger partial charge in [-0.1, -0.05) is 19.9 Å². The Hall–Kier alpha value is -1.98. The molecule has 6 heteroatoms. The third-order valence-electron chi connectivity index (χ3n) is 4.98. The zero-order chi connectivity index (χ0) is 16.9. The molecule has 3 aromatic rings. The average Bonchev–Trinajstić information content (AvgIpc) is 3.13. The smallest absolute Gasteiger partial charge is 0.224 e. The molecule has 1 aliphatic carbocycles. The number of aromatic nitrogens is 4. The van der Waals surface area contributed by atoms with E-state index < -0.39 is 5.60 Å². The van der Waals surface area contributed by atoms with Gasteiger partial charge in [-0.25, -0.2) is 9.97 Å². The predicted molar refractivity (Wildman–Crippen MR) is 93.6 cm³/mol. The molecule has 0 saturated carbocycles. The van der Waals surface area contributed by atoms with Gasteiger partial charge in [0, 0.05) is 17.3 Å². The Morgan fingerprint density at radius 2 is 2.12 bits per heavy atom. The van der Waals surface area contributed by atoms with Crippen molar-refractivity contribution in [3.63, 3.8) is 0 Å². The topological polar surface area (TPSA) is 63.8 Å². The second-order valence-corrected chi connectivity index (χ2v) is 6.64. The molecule has 4 rings (SSSR count). The summed E-state index contributed by atoms with van der Waals surface area (Å²) < 4.78 is 2.01. The summed E-state index contributed by atoms with van der Waals surface area (Å²) in [6.45, 7) is 4.09. The van der Waals surface area contributed by atoms with Crippen LogP contribution in [-0.2, 0) is 18.4 Å². The molecule has 0 unspecified atom stereocenters. The number of hydrogen-bond acceptors (Lipinski definition) is 4. The van der Waals surface area contributed by atoms with E-state index >= 15 is 0 Å². The molecule has 5 nitrogen and oxygen atoms in total. The van der Waals surface area contributed by atoms with Gasteiger partial charge in [0.25, 0.3) is 0 Å². The van der Waals surface area contributed by atoms with Crippen LogP contribution in [0.1, 0.15) is 43.6 Å². The van der Waals surface area contributed by atoms with Crippen molar-refractivity contribution in [1.82, 2.24) is 19.5 Å². The third kappa shape index (κ3) is 2.23. The number of fused-ring (bicyclic) bond motifs is 2. The molecular weight excluding hydrogens is 324 g/mol. The maximum absolute atomic E-state index is 10.8. The summed E-state index contributed by atoms with van der Waals surface area (Å²) in [5.74, 6) is 0.768. The number of halogens is 1. The SMILES string of the molecule is CCc1cc2cnc(Cl)nc2n1-c1ccc2c(n1)[C@@](O)(CC)CC2. The summed E-state index contributed by atoms with van der Waals surface area (Å²) in [4.78, 5) is 13.3. The van der Waals surface area contributed by atoms with Gasteiger partial charge in [0.2, 0.25) is 5.28 Å². The van der Waals surface area contributed by atoms with Gasteiger partial charge >= 0.3 is 0 Å². The number of nitrogens with zero attached hydrogens (tertiary/aromatic N) is 4. The van der Waals surface area contributed by atoms with Gasteiger partial charge in [-0.15, -0.1) is 0 Å². The Morgan fingerprint density at radius 1 is 1.29 bits per heavy atom. The molecular formula is C18H19ClN4O. The van der Waals surface area contributed by atoms with E-state index in [4.69, 9.17) is 16.6 Å². The number of hydrogen-bond donors (Lipinski definition) is 1. The zero-order valence-corrected chi connectivity index (χ0v) is 14.5. The van der Waals surface area contributed by atoms with Gasteiger partial charge in [0.15, 0.2) is 5.65 Å². The maximum atomic E-state index is 10.8. The fourth-order valence-electron chi connectivity index (χ4n) is 3.55. The van der Waals surface area contributed by atoms with E-state index in [1.807, 2.05) is 17.6 Å². The van der Waals surface area contributed by atoms with Gasteiger partial charge < -0.3 is 5.11 Å². The molecule has 1 aliphatic rings. The normalized spacial score (nSPS) is 19.8. The fourth-order valence-corrected chi connectivity index (χ4v) is 3.68. The molecule has 0 saturated heterocycles. The Labute approximate surface area is 145 Å². The van der Waals surface area contributed by atoms with Crippen LogP contribution in [0.5, 0.6) is 0 Å². The van der Waals surface area contributed by atoms with Gasteiger partial charge in [-0.05, 0) is 55.0 Å². The van der Waals surface area contributed by atoms with Crippen LogP contribution in [0.15, 0.2) is 24.4 Å². The molecule has 0 aliphatic heterocycles. The van der Waals surface area contributed by atoms with Crippen molar-refractivity contribution < 1.29 is 5.11 Å². The van der Waals surface area contributed by atoms with E-state index in [0.717, 1.165) is 53.1 Å². The highest BCUT2D eigenvalue weighted by molar-refractivity contribution is 6.28. The second kappa shape index (κ2) is 5.53. The molecule has 0 radical (unpaired) electrons. The number of rotatable bonds is 3. The lowest BCUT2D eigenvalue weighted by atomic mass is 9.98. The van der Waals surface area contributed by atoms with Crippen molar-refractivity contribution in [2.24, 2.45) is 0 Å². The Balaban J connectivity index is 1.96. The van der Waals surface area contributed by atoms with E-state index in [9.17, 15) is 5.11 Å². The number of pyridine rings is 1. The summed E-state index contributed by atoms with van der Waals surface area (Å²) in [6.07, 6.45) is 4.84. The number of aryl methyl sites for hydroxylation is 2. The minimum atomic E-state index is -0.826. The van der Waals surface area contributed by atoms with Crippen LogP contribution >= 0.6 is 11.6 Å². The lowest BCUT2D eigenvalue weighted by molar-refractivity contribution is 0.0306. The maximum Gasteiger partial charge on any atom is 0.224 e. The van der Waals surface area contributed by atoms with Crippen LogP contribution in [0, 0.1) is 0 Å². The van der Waals surface area contributed by atoms with E-state index in [1.54, 1.807) is 6.20 Å². The Morgan fingerprint density at radius 3 is 2.88 bits per heavy atom. The predicted octanol–water partition coefficient (Wildman–Crippen LogP) is 3.58. The molecule has 0 aromatic carbocycles. The first kappa shape index (κ1) is 15.5. The molecule has 0 bridgehead atoms. The summed E-state index contributed by atoms with van der Waals surface area (Å²) in [6, 6.07) is 6.13. The van der Waals surface area contributed by atoms with Gasteiger partial charge in [-0.2, -0.15) is 4.98 Å². The highest BCUT2D eigenvalue weighted by atomic mass is 35.5. The Kier molecular flexibility index (Phi) is 3.58. The number of aliphatic hydroxyl groups is 1. The van der Waals surface area contributed by atoms with Crippen molar-refractivity contribution in [2.45, 2.75) is 45.1 Å². The largest absolute Gasteiger partial charge is 0.384 e. The lowest BCUT2D eigenvalue weighted by Crippen LogP contribution is -2.22. The second-order valence-electron chi connectivity index (χ2n) is 6.30. The molecule has 0 fully saturated rings. The molecule has 1 N–H and O–H groups in total. The van der Waals surface area contributed by atoms with E-state index in [0.29, 0.717) is 6.42 Å². The molecule has 3 heterocycles. The molecule has 24 heavy (non-hydrogen) atoms. The van der Waals surface area contributed by atoms with Crippen molar-refractivity contribution in [2.75, 3.05) is 0 Å². The van der Waals surface area contributed by atoms with Gasteiger partial charge in [0.1, 0.15) is 11.4 Å². The van der Waals surface area contributed by atoms with Crippen LogP contribution < -0.4 is 0 Å². The lowest BCUT2D eigenvalue weighted by Gasteiger charge is -2.21. The average molecular weight is 343 g/mol. The van der Waals surface area contributed by atoms with Crippen LogP contribution in [0.3, 0.4) is 0 Å². The van der Waals surface area contributed by atoms with Crippen LogP contribution in [0.2, 0.25) is 5.28 Å². The van der Waals surface area contributed by atoms with Crippen molar-refractivity contribution in [1.29, 1.82) is 0 Å². The fraction of sp³-hybridized carbons (Fsp3) is 0.389. The Bertz CT molecular complexity index is 936. The molecule has 0 amide bonds. The first-order valence-corrected chi connectivity index (χ1v) is 8.69. The van der Waals surface area contributed by atoms with Crippen molar-refractivity contribution in [3.05, 3.63) is 46.6 Å². The van der Waals surface area contributed by atoms with Crippen LogP contribution in [-0.4, -0.2) is 24.6 Å². The summed E-state index contributed by atoms with van der Waals surface area (Å²) >= 11 is 6.00. The van der Waals surface area contributed by atoms with Gasteiger partial charge in [-0.3, -0.25) is 4.57 Å². The monoisotopic (exact) mass is 342 g/mol. The first-order chi connectivity index (χ1) is 11.6. The van der Waals surface area contributed by atoms with E-state index in [-0.39, 0.29) is 5.28 Å². The summed E-state index contributed by atoms with van der Waals surface area (Å²) in [5.41, 5.74) is 2.94. The molecule has 124 valence electrons. The van der Waals surface area contributed by atoms with Crippen molar-refractivity contribution in [3.8, 4) is 5.82 Å². The highest BCUT2D eigenvalue weighted by Crippen LogP contribution is 2.38. The quantitative estimate of drug-likeness (QED) is 0.739. The minimum Gasteiger partial charge on any atom is -0.384 e.